The molecular weight excluding hydrogens is 334 g/mol. The monoisotopic (exact) mass is 339 g/mol. The molecule has 0 unspecified atom stereocenters. The van der Waals surface area contributed by atoms with Gasteiger partial charge in [0.25, 0.3) is 0 Å². The number of nitrogens with two attached hydrogens (primary N) is 1. The van der Waals surface area contributed by atoms with Crippen LogP contribution in [0.15, 0.2) is 38.0 Å². The molecule has 1 aromatic carbocycles. The van der Waals surface area contributed by atoms with Gasteiger partial charge in [-0.3, -0.25) is 0 Å². The summed E-state index contributed by atoms with van der Waals surface area (Å²) in [5.41, 5.74) is 6.09. The van der Waals surface area contributed by atoms with Crippen molar-refractivity contribution in [3.05, 3.63) is 33.1 Å². The third kappa shape index (κ3) is 2.18. The van der Waals surface area contributed by atoms with E-state index in [1.807, 2.05) is 0 Å². The van der Waals surface area contributed by atoms with Gasteiger partial charge in [-0.2, -0.15) is 0 Å². The molecule has 14 heavy (non-hydrogen) atoms. The molecule has 0 radical (unpaired) electrons. The lowest BCUT2D eigenvalue weighted by molar-refractivity contribution is 0.604. The minimum absolute atomic E-state index is 0.153. The smallest absolute Gasteiger partial charge is 0.199 e. The maximum absolute atomic E-state index is 11.4. The molecule has 2 N–H and O–H groups in total. The number of halogens is 2. The zero-order valence-corrected chi connectivity index (χ0v) is 11.0. The summed E-state index contributed by atoms with van der Waals surface area (Å²) in [6.07, 6.45) is 0. The molecule has 0 spiro atoms. The summed E-state index contributed by atoms with van der Waals surface area (Å²) >= 11 is 6.33. The lowest BCUT2D eigenvalue weighted by Crippen LogP contribution is -1.98. The first-order valence-electron chi connectivity index (χ1n) is 3.50. The van der Waals surface area contributed by atoms with Gasteiger partial charge >= 0.3 is 0 Å². The third-order valence-electron chi connectivity index (χ3n) is 1.60. The van der Waals surface area contributed by atoms with Crippen molar-refractivity contribution >= 4 is 47.4 Å². The Hall–Kier alpha value is -0.330. The van der Waals surface area contributed by atoms with Crippen LogP contribution in [0.3, 0.4) is 0 Å². The molecule has 0 aliphatic heterocycles. The van der Waals surface area contributed by atoms with Gasteiger partial charge in [-0.15, -0.1) is 0 Å². The molecule has 6 heteroatoms. The summed E-state index contributed by atoms with van der Waals surface area (Å²) in [6, 6.07) is 2.88. The summed E-state index contributed by atoms with van der Waals surface area (Å²) in [6.45, 7) is 3.24. The van der Waals surface area contributed by atoms with Crippen molar-refractivity contribution in [1.29, 1.82) is 0 Å². The molecule has 0 amide bonds. The first kappa shape index (κ1) is 11.7. The molecule has 0 heterocycles. The average Bonchev–Trinajstić information content (AvgIpc) is 2.13. The quantitative estimate of drug-likeness (QED) is 0.842. The fourth-order valence-corrected chi connectivity index (χ4v) is 3.07. The van der Waals surface area contributed by atoms with Crippen LogP contribution in [0.4, 0.5) is 5.69 Å². The second kappa shape index (κ2) is 4.04. The number of anilines is 1. The zero-order chi connectivity index (χ0) is 10.9. The Morgan fingerprint density at radius 3 is 2.07 bits per heavy atom. The van der Waals surface area contributed by atoms with E-state index < -0.39 is 9.84 Å². The summed E-state index contributed by atoms with van der Waals surface area (Å²) in [7, 11) is -3.41. The standard InChI is InChI=1S/C8H7Br2NO2S/c1-2-14(12,13)5-3-6(9)8(11)7(10)4-5/h2-4H,1,11H2. The van der Waals surface area contributed by atoms with Crippen molar-refractivity contribution in [2.75, 3.05) is 5.73 Å². The van der Waals surface area contributed by atoms with E-state index in [4.69, 9.17) is 5.73 Å². The maximum atomic E-state index is 11.4. The Morgan fingerprint density at radius 1 is 1.29 bits per heavy atom. The lowest BCUT2D eigenvalue weighted by Gasteiger charge is -2.05. The van der Waals surface area contributed by atoms with Gasteiger partial charge in [-0.1, -0.05) is 6.58 Å². The molecule has 1 aromatic rings. The first-order valence-corrected chi connectivity index (χ1v) is 6.64. The lowest BCUT2D eigenvalue weighted by atomic mass is 10.3. The van der Waals surface area contributed by atoms with Gasteiger partial charge in [-0.25, -0.2) is 8.42 Å². The molecule has 0 saturated heterocycles. The second-order valence-electron chi connectivity index (χ2n) is 2.51. The number of hydrogen-bond acceptors (Lipinski definition) is 3. The van der Waals surface area contributed by atoms with Crippen LogP contribution in [0, 0.1) is 0 Å². The Morgan fingerprint density at radius 2 is 1.71 bits per heavy atom. The summed E-state index contributed by atoms with van der Waals surface area (Å²) in [5, 5.41) is 0.900. The van der Waals surface area contributed by atoms with Crippen LogP contribution in [0.2, 0.25) is 0 Å². The van der Waals surface area contributed by atoms with Crippen molar-refractivity contribution in [2.45, 2.75) is 4.90 Å². The SMILES string of the molecule is C=CS(=O)(=O)c1cc(Br)c(N)c(Br)c1. The zero-order valence-electron chi connectivity index (χ0n) is 7.00. The summed E-state index contributed by atoms with van der Waals surface area (Å²) < 4.78 is 23.9. The van der Waals surface area contributed by atoms with Gasteiger partial charge in [0.1, 0.15) is 0 Å². The highest BCUT2D eigenvalue weighted by Crippen LogP contribution is 2.31. The Labute approximate surface area is 99.2 Å². The van der Waals surface area contributed by atoms with Gasteiger partial charge in [-0.05, 0) is 44.0 Å². The molecule has 0 fully saturated rings. The van der Waals surface area contributed by atoms with E-state index in [0.717, 1.165) is 5.41 Å². The Balaban J connectivity index is 3.48. The maximum Gasteiger partial charge on any atom is 0.199 e. The van der Waals surface area contributed by atoms with E-state index in [1.165, 1.54) is 12.1 Å². The van der Waals surface area contributed by atoms with Gasteiger partial charge in [0.15, 0.2) is 9.84 Å². The number of hydrogen-bond donors (Lipinski definition) is 1. The predicted octanol–water partition coefficient (Wildman–Crippen LogP) is 2.71. The van der Waals surface area contributed by atoms with Crippen molar-refractivity contribution in [3.63, 3.8) is 0 Å². The molecule has 0 bridgehead atoms. The van der Waals surface area contributed by atoms with Gasteiger partial charge in [0.2, 0.25) is 0 Å². The van der Waals surface area contributed by atoms with E-state index in [0.29, 0.717) is 14.6 Å². The van der Waals surface area contributed by atoms with Crippen molar-refractivity contribution in [1.82, 2.24) is 0 Å². The third-order valence-corrected chi connectivity index (χ3v) is 4.24. The second-order valence-corrected chi connectivity index (χ2v) is 6.12. The molecule has 0 aromatic heterocycles. The van der Waals surface area contributed by atoms with E-state index >= 15 is 0 Å². The minimum Gasteiger partial charge on any atom is -0.397 e. The molecule has 0 saturated carbocycles. The fourth-order valence-electron chi connectivity index (χ4n) is 0.822. The van der Waals surface area contributed by atoms with E-state index in [9.17, 15) is 8.42 Å². The Bertz CT molecular complexity index is 459. The number of nitrogen functional groups attached to an aromatic ring is 1. The highest BCUT2D eigenvalue weighted by Gasteiger charge is 2.13. The number of benzene rings is 1. The van der Waals surface area contributed by atoms with Crippen molar-refractivity contribution in [2.24, 2.45) is 0 Å². The highest BCUT2D eigenvalue weighted by molar-refractivity contribution is 9.11. The van der Waals surface area contributed by atoms with Crippen LogP contribution in [-0.4, -0.2) is 8.42 Å². The van der Waals surface area contributed by atoms with Gasteiger partial charge in [0.05, 0.1) is 10.6 Å². The predicted molar refractivity (Wildman–Crippen MR) is 63.6 cm³/mol. The molecule has 3 nitrogen and oxygen atoms in total. The molecule has 0 aliphatic carbocycles. The highest BCUT2D eigenvalue weighted by atomic mass is 79.9. The van der Waals surface area contributed by atoms with Crippen LogP contribution < -0.4 is 5.73 Å². The van der Waals surface area contributed by atoms with Gasteiger partial charge in [0, 0.05) is 14.4 Å². The van der Waals surface area contributed by atoms with E-state index in [-0.39, 0.29) is 4.90 Å². The average molecular weight is 341 g/mol. The van der Waals surface area contributed by atoms with Crippen LogP contribution in [0.1, 0.15) is 0 Å². The molecule has 76 valence electrons. The fraction of sp³-hybridized carbons (Fsp3) is 0. The van der Waals surface area contributed by atoms with Crippen molar-refractivity contribution < 1.29 is 8.42 Å². The molecule has 0 aliphatic rings. The largest absolute Gasteiger partial charge is 0.397 e. The van der Waals surface area contributed by atoms with Crippen LogP contribution in [0.5, 0.6) is 0 Å². The topological polar surface area (TPSA) is 60.2 Å². The Kier molecular flexibility index (Phi) is 3.39. The van der Waals surface area contributed by atoms with E-state index in [1.54, 1.807) is 0 Å². The van der Waals surface area contributed by atoms with Crippen LogP contribution >= 0.6 is 31.9 Å². The molecule has 0 atom stereocenters. The van der Waals surface area contributed by atoms with Gasteiger partial charge < -0.3 is 5.73 Å². The number of sulfone groups is 1. The normalized spacial score (nSPS) is 11.3. The summed E-state index contributed by atoms with van der Waals surface area (Å²) in [4.78, 5) is 0.153. The molecular formula is C8H7Br2NO2S. The van der Waals surface area contributed by atoms with Crippen LogP contribution in [0.25, 0.3) is 0 Å². The molecule has 1 rings (SSSR count). The van der Waals surface area contributed by atoms with Crippen molar-refractivity contribution in [3.8, 4) is 0 Å². The number of rotatable bonds is 2. The minimum atomic E-state index is -3.41. The van der Waals surface area contributed by atoms with E-state index in [2.05, 4.69) is 38.4 Å². The first-order chi connectivity index (χ1) is 6.38. The summed E-state index contributed by atoms with van der Waals surface area (Å²) in [5.74, 6) is 0. The van der Waals surface area contributed by atoms with Crippen LogP contribution in [-0.2, 0) is 9.84 Å².